The first-order chi connectivity index (χ1) is 10.1. The van der Waals surface area contributed by atoms with Gasteiger partial charge in [0.25, 0.3) is 0 Å². The first-order valence-corrected chi connectivity index (χ1v) is 6.52. The van der Waals surface area contributed by atoms with Crippen molar-refractivity contribution in [2.45, 2.75) is 25.3 Å². The van der Waals surface area contributed by atoms with Gasteiger partial charge >= 0.3 is 0 Å². The topological polar surface area (TPSA) is 117 Å². The van der Waals surface area contributed by atoms with Gasteiger partial charge in [0.2, 0.25) is 17.7 Å². The molecular formula is C13H13N5O3. The van der Waals surface area contributed by atoms with Gasteiger partial charge in [-0.05, 0) is 6.42 Å². The lowest BCUT2D eigenvalue weighted by Crippen LogP contribution is -2.52. The average molecular weight is 287 g/mol. The van der Waals surface area contributed by atoms with Crippen LogP contribution in [0.4, 0.5) is 0 Å². The van der Waals surface area contributed by atoms with E-state index in [1.54, 1.807) is 12.4 Å². The van der Waals surface area contributed by atoms with Crippen LogP contribution in [0.15, 0.2) is 18.7 Å². The van der Waals surface area contributed by atoms with Crippen LogP contribution < -0.4 is 10.6 Å². The Hall–Kier alpha value is -2.77. The molecule has 1 unspecified atom stereocenters. The highest BCUT2D eigenvalue weighted by molar-refractivity contribution is 6.01. The molecule has 2 aromatic heterocycles. The number of hydrogen-bond donors (Lipinski definition) is 3. The summed E-state index contributed by atoms with van der Waals surface area (Å²) in [6.07, 6.45) is 5.37. The number of fused-ring (bicyclic) bond motifs is 1. The Balaban J connectivity index is 1.68. The van der Waals surface area contributed by atoms with Crippen LogP contribution >= 0.6 is 0 Å². The van der Waals surface area contributed by atoms with Crippen LogP contribution in [0, 0.1) is 0 Å². The number of piperidine rings is 1. The van der Waals surface area contributed by atoms with Gasteiger partial charge in [0.05, 0.1) is 30.0 Å². The van der Waals surface area contributed by atoms with Crippen molar-refractivity contribution < 1.29 is 14.4 Å². The molecule has 2 aromatic rings. The second-order valence-corrected chi connectivity index (χ2v) is 4.85. The summed E-state index contributed by atoms with van der Waals surface area (Å²) in [5.41, 5.74) is 2.11. The molecule has 1 atom stereocenters. The second kappa shape index (κ2) is 5.31. The maximum absolute atomic E-state index is 12.0. The van der Waals surface area contributed by atoms with E-state index >= 15 is 0 Å². The summed E-state index contributed by atoms with van der Waals surface area (Å²) in [6.45, 7) is 0. The monoisotopic (exact) mass is 287 g/mol. The minimum Gasteiger partial charge on any atom is -0.344 e. The van der Waals surface area contributed by atoms with Crippen LogP contribution in [0.25, 0.3) is 11.0 Å². The summed E-state index contributed by atoms with van der Waals surface area (Å²) in [6, 6.07) is -0.665. The number of carbonyl (C=O) groups is 3. The maximum atomic E-state index is 12.0. The standard InChI is InChI=1S/C13H13N5O3/c19-10-2-1-8(13(21)18-10)17-11(20)3-7-4-14-5-9-12(7)16-6-15-9/h4-6,8H,1-3H2,(H,15,16)(H,17,20)(H,18,19,21). The third-order valence-corrected chi connectivity index (χ3v) is 3.33. The van der Waals surface area contributed by atoms with Gasteiger partial charge in [0, 0.05) is 18.2 Å². The molecule has 0 radical (unpaired) electrons. The lowest BCUT2D eigenvalue weighted by atomic mass is 10.1. The number of H-pyrrole nitrogens is 1. The molecule has 0 spiro atoms. The zero-order valence-electron chi connectivity index (χ0n) is 11.0. The van der Waals surface area contributed by atoms with Crippen molar-refractivity contribution in [3.05, 3.63) is 24.3 Å². The zero-order valence-corrected chi connectivity index (χ0v) is 11.0. The molecule has 0 bridgehead atoms. The molecule has 1 aliphatic rings. The molecule has 1 fully saturated rings. The van der Waals surface area contributed by atoms with Crippen molar-refractivity contribution in [2.75, 3.05) is 0 Å². The molecule has 8 nitrogen and oxygen atoms in total. The van der Waals surface area contributed by atoms with Crippen molar-refractivity contribution in [3.63, 3.8) is 0 Å². The number of rotatable bonds is 3. The van der Waals surface area contributed by atoms with E-state index in [1.807, 2.05) is 0 Å². The van der Waals surface area contributed by atoms with Crippen LogP contribution in [0.5, 0.6) is 0 Å². The lowest BCUT2D eigenvalue weighted by Gasteiger charge is -2.21. The molecule has 0 aliphatic carbocycles. The van der Waals surface area contributed by atoms with E-state index in [2.05, 4.69) is 25.6 Å². The van der Waals surface area contributed by atoms with Gasteiger partial charge in [-0.25, -0.2) is 4.98 Å². The lowest BCUT2D eigenvalue weighted by molar-refractivity contribution is -0.137. The van der Waals surface area contributed by atoms with Crippen molar-refractivity contribution in [1.82, 2.24) is 25.6 Å². The molecule has 108 valence electrons. The summed E-state index contributed by atoms with van der Waals surface area (Å²) < 4.78 is 0. The van der Waals surface area contributed by atoms with Crippen molar-refractivity contribution in [3.8, 4) is 0 Å². The van der Waals surface area contributed by atoms with Gasteiger partial charge in [-0.15, -0.1) is 0 Å². The van der Waals surface area contributed by atoms with Gasteiger partial charge in [-0.1, -0.05) is 0 Å². The minimum absolute atomic E-state index is 0.0763. The SMILES string of the molecule is O=C1CCC(NC(=O)Cc2cncc3[nH]cnc23)C(=O)N1. The Labute approximate surface area is 119 Å². The maximum Gasteiger partial charge on any atom is 0.249 e. The van der Waals surface area contributed by atoms with Crippen LogP contribution in [-0.4, -0.2) is 38.7 Å². The van der Waals surface area contributed by atoms with Crippen LogP contribution in [0.2, 0.25) is 0 Å². The molecule has 21 heavy (non-hydrogen) atoms. The number of hydrogen-bond acceptors (Lipinski definition) is 5. The van der Waals surface area contributed by atoms with E-state index in [-0.39, 0.29) is 24.7 Å². The molecule has 3 rings (SSSR count). The molecule has 3 heterocycles. The van der Waals surface area contributed by atoms with E-state index < -0.39 is 11.9 Å². The number of nitrogens with one attached hydrogen (secondary N) is 3. The number of nitrogens with zero attached hydrogens (tertiary/aromatic N) is 2. The van der Waals surface area contributed by atoms with Gasteiger partial charge in [0.1, 0.15) is 6.04 Å². The summed E-state index contributed by atoms with van der Waals surface area (Å²) in [4.78, 5) is 45.8. The third-order valence-electron chi connectivity index (χ3n) is 3.33. The Kier molecular flexibility index (Phi) is 3.35. The Morgan fingerprint density at radius 3 is 3.05 bits per heavy atom. The number of carbonyl (C=O) groups excluding carboxylic acids is 3. The van der Waals surface area contributed by atoms with Crippen molar-refractivity contribution in [2.24, 2.45) is 0 Å². The molecule has 1 saturated heterocycles. The predicted molar refractivity (Wildman–Crippen MR) is 71.9 cm³/mol. The predicted octanol–water partition coefficient (Wildman–Crippen LogP) is -0.578. The van der Waals surface area contributed by atoms with Gasteiger partial charge < -0.3 is 10.3 Å². The number of imidazole rings is 1. The van der Waals surface area contributed by atoms with E-state index in [9.17, 15) is 14.4 Å². The Morgan fingerprint density at radius 1 is 1.38 bits per heavy atom. The molecule has 1 aliphatic heterocycles. The molecule has 8 heteroatoms. The van der Waals surface area contributed by atoms with Gasteiger partial charge in [0.15, 0.2) is 0 Å². The highest BCUT2D eigenvalue weighted by Gasteiger charge is 2.27. The van der Waals surface area contributed by atoms with Crippen molar-refractivity contribution >= 4 is 28.8 Å². The minimum atomic E-state index is -0.665. The molecule has 3 amide bonds. The average Bonchev–Trinajstić information content (AvgIpc) is 2.91. The number of imide groups is 1. The quantitative estimate of drug-likeness (QED) is 0.653. The van der Waals surface area contributed by atoms with E-state index in [0.29, 0.717) is 17.5 Å². The third kappa shape index (κ3) is 2.73. The van der Waals surface area contributed by atoms with E-state index in [1.165, 1.54) is 6.33 Å². The Morgan fingerprint density at radius 2 is 2.24 bits per heavy atom. The summed E-state index contributed by atoms with van der Waals surface area (Å²) in [5.74, 6) is -1.08. The smallest absolute Gasteiger partial charge is 0.249 e. The summed E-state index contributed by atoms with van der Waals surface area (Å²) in [5, 5.41) is 4.83. The van der Waals surface area contributed by atoms with Crippen molar-refractivity contribution in [1.29, 1.82) is 0 Å². The van der Waals surface area contributed by atoms with E-state index in [0.717, 1.165) is 5.52 Å². The largest absolute Gasteiger partial charge is 0.344 e. The molecule has 0 saturated carbocycles. The first kappa shape index (κ1) is 13.2. The fourth-order valence-electron chi connectivity index (χ4n) is 2.30. The molecule has 0 aromatic carbocycles. The zero-order chi connectivity index (χ0) is 14.8. The summed E-state index contributed by atoms with van der Waals surface area (Å²) >= 11 is 0. The number of aromatic amines is 1. The normalized spacial score (nSPS) is 18.6. The van der Waals surface area contributed by atoms with Gasteiger partial charge in [-0.3, -0.25) is 24.7 Å². The number of amides is 3. The number of aromatic nitrogens is 3. The van der Waals surface area contributed by atoms with Crippen LogP contribution in [0.1, 0.15) is 18.4 Å². The first-order valence-electron chi connectivity index (χ1n) is 6.52. The van der Waals surface area contributed by atoms with Gasteiger partial charge in [-0.2, -0.15) is 0 Å². The fraction of sp³-hybridized carbons (Fsp3) is 0.308. The highest BCUT2D eigenvalue weighted by Crippen LogP contribution is 2.13. The van der Waals surface area contributed by atoms with Crippen LogP contribution in [-0.2, 0) is 20.8 Å². The highest BCUT2D eigenvalue weighted by atomic mass is 16.2. The van der Waals surface area contributed by atoms with E-state index in [4.69, 9.17) is 0 Å². The van der Waals surface area contributed by atoms with Crippen LogP contribution in [0.3, 0.4) is 0 Å². The summed E-state index contributed by atoms with van der Waals surface area (Å²) in [7, 11) is 0. The number of pyridine rings is 1. The molecular weight excluding hydrogens is 274 g/mol. The molecule has 3 N–H and O–H groups in total. The Bertz CT molecular complexity index is 723. The second-order valence-electron chi connectivity index (χ2n) is 4.85. The fourth-order valence-corrected chi connectivity index (χ4v) is 2.30.